The van der Waals surface area contributed by atoms with E-state index in [2.05, 4.69) is 9.97 Å². The molecule has 0 amide bonds. The maximum atomic E-state index is 9.53. The summed E-state index contributed by atoms with van der Waals surface area (Å²) in [7, 11) is 0. The fraction of sp³-hybridized carbons (Fsp3) is 0.455. The molecule has 2 rings (SSSR count). The van der Waals surface area contributed by atoms with Gasteiger partial charge in [-0.1, -0.05) is 0 Å². The number of rotatable bonds is 3. The van der Waals surface area contributed by atoms with Crippen LogP contribution in [0.4, 0.5) is 0 Å². The molecule has 5 nitrogen and oxygen atoms in total. The van der Waals surface area contributed by atoms with Crippen LogP contribution >= 0.6 is 0 Å². The molecule has 16 heavy (non-hydrogen) atoms. The van der Waals surface area contributed by atoms with E-state index in [9.17, 15) is 5.11 Å². The Bertz CT molecular complexity index is 492. The molecule has 3 N–H and O–H groups in total. The van der Waals surface area contributed by atoms with E-state index in [1.54, 1.807) is 19.3 Å². The van der Waals surface area contributed by atoms with Crippen LogP contribution in [0.25, 0.3) is 11.0 Å². The first-order valence-electron chi connectivity index (χ1n) is 5.39. The summed E-state index contributed by atoms with van der Waals surface area (Å²) < 4.78 is 2.01. The molecular weight excluding hydrogens is 204 g/mol. The predicted octanol–water partition coefficient (Wildman–Crippen LogP) is 0.832. The van der Waals surface area contributed by atoms with Crippen molar-refractivity contribution >= 4 is 11.0 Å². The highest BCUT2D eigenvalue weighted by molar-refractivity contribution is 5.74. The van der Waals surface area contributed by atoms with Crippen LogP contribution in [-0.2, 0) is 6.54 Å². The maximum absolute atomic E-state index is 9.53. The Morgan fingerprint density at radius 3 is 2.94 bits per heavy atom. The van der Waals surface area contributed by atoms with E-state index in [1.807, 2.05) is 17.6 Å². The molecular formula is C11H16N4O. The molecule has 2 heterocycles. The third-order valence-electron chi connectivity index (χ3n) is 2.71. The summed E-state index contributed by atoms with van der Waals surface area (Å²) in [5.41, 5.74) is 7.74. The number of aliphatic hydroxyl groups is 1. The van der Waals surface area contributed by atoms with Crippen molar-refractivity contribution in [2.45, 2.75) is 32.5 Å². The van der Waals surface area contributed by atoms with Gasteiger partial charge in [0.2, 0.25) is 0 Å². The first kappa shape index (κ1) is 11.0. The number of hydrogen-bond acceptors (Lipinski definition) is 4. The minimum absolute atomic E-state index is 0.465. The summed E-state index contributed by atoms with van der Waals surface area (Å²) in [5.74, 6) is 0.709. The molecule has 2 unspecified atom stereocenters. The Balaban J connectivity index is 2.60. The lowest BCUT2D eigenvalue weighted by atomic mass is 10.2. The van der Waals surface area contributed by atoms with E-state index < -0.39 is 12.1 Å². The topological polar surface area (TPSA) is 77.0 Å². The molecule has 2 aromatic heterocycles. The number of aliphatic hydroxyl groups excluding tert-OH is 1. The van der Waals surface area contributed by atoms with Gasteiger partial charge >= 0.3 is 0 Å². The molecule has 0 saturated carbocycles. The largest absolute Gasteiger partial charge is 0.391 e. The SMILES string of the molecule is CCn1c(C(N)C(C)O)nc2cnccc21. The lowest BCUT2D eigenvalue weighted by molar-refractivity contribution is 0.159. The predicted molar refractivity (Wildman–Crippen MR) is 61.8 cm³/mol. The van der Waals surface area contributed by atoms with Crippen molar-refractivity contribution < 1.29 is 5.11 Å². The highest BCUT2D eigenvalue weighted by Crippen LogP contribution is 2.20. The van der Waals surface area contributed by atoms with Gasteiger partial charge in [-0.2, -0.15) is 0 Å². The van der Waals surface area contributed by atoms with Gasteiger partial charge in [-0.3, -0.25) is 4.98 Å². The van der Waals surface area contributed by atoms with Crippen LogP contribution < -0.4 is 5.73 Å². The number of fused-ring (bicyclic) bond motifs is 1. The van der Waals surface area contributed by atoms with Gasteiger partial charge in [-0.05, 0) is 19.9 Å². The average molecular weight is 220 g/mol. The number of imidazole rings is 1. The quantitative estimate of drug-likeness (QED) is 0.803. The third-order valence-corrected chi connectivity index (χ3v) is 2.71. The molecule has 0 spiro atoms. The maximum Gasteiger partial charge on any atom is 0.129 e. The summed E-state index contributed by atoms with van der Waals surface area (Å²) in [4.78, 5) is 8.45. The zero-order chi connectivity index (χ0) is 11.7. The van der Waals surface area contributed by atoms with Gasteiger partial charge in [0.25, 0.3) is 0 Å². The monoisotopic (exact) mass is 220 g/mol. The van der Waals surface area contributed by atoms with Gasteiger partial charge in [-0.25, -0.2) is 4.98 Å². The molecule has 0 radical (unpaired) electrons. The average Bonchev–Trinajstić information content (AvgIpc) is 2.65. The number of aromatic nitrogens is 3. The first-order valence-corrected chi connectivity index (χ1v) is 5.39. The zero-order valence-electron chi connectivity index (χ0n) is 9.46. The summed E-state index contributed by atoms with van der Waals surface area (Å²) in [6.07, 6.45) is 2.82. The van der Waals surface area contributed by atoms with Crippen molar-refractivity contribution in [3.8, 4) is 0 Å². The Labute approximate surface area is 93.9 Å². The Morgan fingerprint density at radius 2 is 2.31 bits per heavy atom. The van der Waals surface area contributed by atoms with E-state index in [4.69, 9.17) is 5.73 Å². The summed E-state index contributed by atoms with van der Waals surface area (Å²) in [6.45, 7) is 4.47. The van der Waals surface area contributed by atoms with E-state index in [1.165, 1.54) is 0 Å². The highest BCUT2D eigenvalue weighted by Gasteiger charge is 2.19. The molecule has 0 fully saturated rings. The molecule has 0 aromatic carbocycles. The van der Waals surface area contributed by atoms with Crippen molar-refractivity contribution in [3.63, 3.8) is 0 Å². The van der Waals surface area contributed by atoms with Crippen molar-refractivity contribution in [3.05, 3.63) is 24.3 Å². The van der Waals surface area contributed by atoms with Crippen molar-refractivity contribution in [1.29, 1.82) is 0 Å². The van der Waals surface area contributed by atoms with Crippen LogP contribution in [0.3, 0.4) is 0 Å². The van der Waals surface area contributed by atoms with Crippen molar-refractivity contribution in [2.24, 2.45) is 5.73 Å². The van der Waals surface area contributed by atoms with Gasteiger partial charge in [0, 0.05) is 12.7 Å². The van der Waals surface area contributed by atoms with Crippen LogP contribution in [0.2, 0.25) is 0 Å². The minimum atomic E-state index is -0.616. The second kappa shape index (κ2) is 4.19. The van der Waals surface area contributed by atoms with Gasteiger partial charge in [-0.15, -0.1) is 0 Å². The van der Waals surface area contributed by atoms with Gasteiger partial charge in [0.05, 0.1) is 23.9 Å². The molecule has 0 bridgehead atoms. The lowest BCUT2D eigenvalue weighted by Crippen LogP contribution is -2.26. The number of nitrogens with two attached hydrogens (primary N) is 1. The van der Waals surface area contributed by atoms with E-state index in [0.717, 1.165) is 17.6 Å². The summed E-state index contributed by atoms with van der Waals surface area (Å²) in [5, 5.41) is 9.53. The van der Waals surface area contributed by atoms with Crippen LogP contribution in [0, 0.1) is 0 Å². The van der Waals surface area contributed by atoms with E-state index >= 15 is 0 Å². The summed E-state index contributed by atoms with van der Waals surface area (Å²) >= 11 is 0. The normalized spacial score (nSPS) is 15.2. The first-order chi connectivity index (χ1) is 7.65. The molecule has 2 aromatic rings. The van der Waals surface area contributed by atoms with Gasteiger partial charge < -0.3 is 15.4 Å². The van der Waals surface area contributed by atoms with Crippen LogP contribution in [0.15, 0.2) is 18.5 Å². The Kier molecular flexibility index (Phi) is 2.89. The van der Waals surface area contributed by atoms with Crippen LogP contribution in [-0.4, -0.2) is 25.7 Å². The Morgan fingerprint density at radius 1 is 1.56 bits per heavy atom. The third kappa shape index (κ3) is 1.68. The Hall–Kier alpha value is -1.46. The smallest absolute Gasteiger partial charge is 0.129 e. The summed E-state index contributed by atoms with van der Waals surface area (Å²) in [6, 6.07) is 1.44. The molecule has 2 atom stereocenters. The van der Waals surface area contributed by atoms with Gasteiger partial charge in [0.1, 0.15) is 11.3 Å². The molecule has 86 valence electrons. The van der Waals surface area contributed by atoms with Crippen molar-refractivity contribution in [2.75, 3.05) is 0 Å². The minimum Gasteiger partial charge on any atom is -0.391 e. The second-order valence-corrected chi connectivity index (χ2v) is 3.85. The lowest BCUT2D eigenvalue weighted by Gasteiger charge is -2.15. The van der Waals surface area contributed by atoms with Crippen molar-refractivity contribution in [1.82, 2.24) is 14.5 Å². The molecule has 0 saturated heterocycles. The molecule has 0 aliphatic heterocycles. The standard InChI is InChI=1S/C11H16N4O/c1-3-15-9-4-5-13-6-8(9)14-11(15)10(12)7(2)16/h4-7,10,16H,3,12H2,1-2H3. The fourth-order valence-corrected chi connectivity index (χ4v) is 1.80. The number of aryl methyl sites for hydroxylation is 1. The highest BCUT2D eigenvalue weighted by atomic mass is 16.3. The molecule has 0 aliphatic carbocycles. The molecule has 0 aliphatic rings. The molecule has 5 heteroatoms. The van der Waals surface area contributed by atoms with Gasteiger partial charge in [0.15, 0.2) is 0 Å². The van der Waals surface area contributed by atoms with Crippen LogP contribution in [0.1, 0.15) is 25.7 Å². The number of hydrogen-bond donors (Lipinski definition) is 2. The van der Waals surface area contributed by atoms with E-state index in [-0.39, 0.29) is 0 Å². The number of pyridine rings is 1. The fourth-order valence-electron chi connectivity index (χ4n) is 1.80. The zero-order valence-corrected chi connectivity index (χ0v) is 9.46. The number of nitrogens with zero attached hydrogens (tertiary/aromatic N) is 3. The van der Waals surface area contributed by atoms with E-state index in [0.29, 0.717) is 5.82 Å². The second-order valence-electron chi connectivity index (χ2n) is 3.85. The van der Waals surface area contributed by atoms with Crippen LogP contribution in [0.5, 0.6) is 0 Å².